The quantitative estimate of drug-likeness (QED) is 0.664. The molecule has 1 rings (SSSR count). The summed E-state index contributed by atoms with van der Waals surface area (Å²) in [5, 5.41) is 0. The van der Waals surface area contributed by atoms with E-state index in [2.05, 4.69) is 26.0 Å². The van der Waals surface area contributed by atoms with E-state index >= 15 is 0 Å². The summed E-state index contributed by atoms with van der Waals surface area (Å²) in [6.07, 6.45) is 8.62. The molecule has 0 radical (unpaired) electrons. The predicted octanol–water partition coefficient (Wildman–Crippen LogP) is 3.10. The topological polar surface area (TPSA) is 26.3 Å². The van der Waals surface area contributed by atoms with Crippen LogP contribution in [0.15, 0.2) is 23.8 Å². The minimum absolute atomic E-state index is 0.222. The van der Waals surface area contributed by atoms with Gasteiger partial charge < -0.3 is 4.74 Å². The Labute approximate surface area is 92.0 Å². The second kappa shape index (κ2) is 5.74. The van der Waals surface area contributed by atoms with Crippen LogP contribution in [0.5, 0.6) is 0 Å². The molecule has 0 fully saturated rings. The highest BCUT2D eigenvalue weighted by Gasteiger charge is 2.18. The number of carbonyl (C=O) groups excluding carboxylic acids is 1. The van der Waals surface area contributed by atoms with Crippen molar-refractivity contribution in [2.24, 2.45) is 11.8 Å². The molecule has 0 aliphatic heterocycles. The Morgan fingerprint density at radius 1 is 1.67 bits per heavy atom. The van der Waals surface area contributed by atoms with Crippen LogP contribution in [0.4, 0.5) is 0 Å². The van der Waals surface area contributed by atoms with E-state index < -0.39 is 0 Å². The van der Waals surface area contributed by atoms with Gasteiger partial charge in [0, 0.05) is 6.92 Å². The summed E-state index contributed by atoms with van der Waals surface area (Å²) < 4.78 is 4.82. The summed E-state index contributed by atoms with van der Waals surface area (Å²) in [4.78, 5) is 10.5. The fourth-order valence-corrected chi connectivity index (χ4v) is 1.78. The Kier molecular flexibility index (Phi) is 4.60. The maximum atomic E-state index is 10.5. The van der Waals surface area contributed by atoms with Gasteiger partial charge in [-0.05, 0) is 30.8 Å². The second-order valence-corrected chi connectivity index (χ2v) is 4.43. The summed E-state index contributed by atoms with van der Waals surface area (Å²) >= 11 is 0. The van der Waals surface area contributed by atoms with Crippen LogP contribution in [0.25, 0.3) is 0 Å². The van der Waals surface area contributed by atoms with Gasteiger partial charge in [0.05, 0.1) is 0 Å². The molecule has 0 saturated heterocycles. The number of hydrogen-bond acceptors (Lipinski definition) is 2. The van der Waals surface area contributed by atoms with Crippen molar-refractivity contribution in [3.63, 3.8) is 0 Å². The van der Waals surface area contributed by atoms with Gasteiger partial charge in [0.2, 0.25) is 0 Å². The molecule has 2 nitrogen and oxygen atoms in total. The van der Waals surface area contributed by atoms with Crippen molar-refractivity contribution < 1.29 is 9.53 Å². The van der Waals surface area contributed by atoms with Crippen molar-refractivity contribution in [3.05, 3.63) is 23.8 Å². The first-order valence-corrected chi connectivity index (χ1v) is 5.58. The molecule has 2 heteroatoms. The molecule has 1 unspecified atom stereocenters. The third kappa shape index (κ3) is 4.32. The van der Waals surface area contributed by atoms with Gasteiger partial charge in [-0.3, -0.25) is 4.79 Å². The van der Waals surface area contributed by atoms with Gasteiger partial charge >= 0.3 is 5.97 Å². The highest BCUT2D eigenvalue weighted by molar-refractivity contribution is 5.66. The molecule has 0 aromatic heterocycles. The zero-order valence-corrected chi connectivity index (χ0v) is 9.82. The van der Waals surface area contributed by atoms with Gasteiger partial charge in [-0.2, -0.15) is 0 Å². The van der Waals surface area contributed by atoms with Crippen molar-refractivity contribution in [3.8, 4) is 0 Å². The summed E-state index contributed by atoms with van der Waals surface area (Å²) in [6.45, 7) is 6.35. The molecule has 0 spiro atoms. The molecule has 1 atom stereocenters. The van der Waals surface area contributed by atoms with E-state index in [1.165, 1.54) is 18.9 Å². The van der Waals surface area contributed by atoms with Gasteiger partial charge in [-0.15, -0.1) is 0 Å². The fraction of sp³-hybridized carbons (Fsp3) is 0.615. The van der Waals surface area contributed by atoms with E-state index in [-0.39, 0.29) is 5.97 Å². The van der Waals surface area contributed by atoms with Crippen LogP contribution in [0.1, 0.15) is 33.6 Å². The molecule has 84 valence electrons. The Morgan fingerprint density at radius 2 is 2.40 bits per heavy atom. The van der Waals surface area contributed by atoms with Gasteiger partial charge in [0.15, 0.2) is 0 Å². The standard InChI is InChI=1S/C13H20O2/c1-10(2)13-7-6-12(9-13)5-4-8-15-11(3)14/h4-6,10,13H,7-9H2,1-3H3/b5-4+. The molecule has 0 saturated carbocycles. The van der Waals surface area contributed by atoms with E-state index in [1.807, 2.05) is 6.08 Å². The smallest absolute Gasteiger partial charge is 0.302 e. The van der Waals surface area contributed by atoms with Gasteiger partial charge in [-0.25, -0.2) is 0 Å². The van der Waals surface area contributed by atoms with Crippen molar-refractivity contribution in [2.45, 2.75) is 33.6 Å². The SMILES string of the molecule is CC(=O)OC/C=C/C1=CCC(C(C)C)C1. The van der Waals surface area contributed by atoms with Crippen LogP contribution in [0.3, 0.4) is 0 Å². The van der Waals surface area contributed by atoms with Crippen molar-refractivity contribution in [2.75, 3.05) is 6.61 Å². The number of ether oxygens (including phenoxy) is 1. The van der Waals surface area contributed by atoms with Gasteiger partial charge in [0.25, 0.3) is 0 Å². The molecular weight excluding hydrogens is 188 g/mol. The van der Waals surface area contributed by atoms with E-state index in [0.717, 1.165) is 18.3 Å². The lowest BCUT2D eigenvalue weighted by Crippen LogP contribution is -2.03. The van der Waals surface area contributed by atoms with Crippen LogP contribution >= 0.6 is 0 Å². The van der Waals surface area contributed by atoms with Crippen LogP contribution in [-0.4, -0.2) is 12.6 Å². The third-order valence-electron chi connectivity index (χ3n) is 2.84. The first-order valence-electron chi connectivity index (χ1n) is 5.58. The van der Waals surface area contributed by atoms with E-state index in [9.17, 15) is 4.79 Å². The number of carbonyl (C=O) groups is 1. The first kappa shape index (κ1) is 12.0. The minimum Gasteiger partial charge on any atom is -0.462 e. The van der Waals surface area contributed by atoms with Gasteiger partial charge in [0.1, 0.15) is 6.61 Å². The minimum atomic E-state index is -0.222. The van der Waals surface area contributed by atoms with Crippen molar-refractivity contribution in [1.29, 1.82) is 0 Å². The lowest BCUT2D eigenvalue weighted by molar-refractivity contribution is -0.139. The molecule has 15 heavy (non-hydrogen) atoms. The monoisotopic (exact) mass is 208 g/mol. The maximum Gasteiger partial charge on any atom is 0.302 e. The van der Waals surface area contributed by atoms with E-state index in [4.69, 9.17) is 4.74 Å². The lowest BCUT2D eigenvalue weighted by Gasteiger charge is -2.13. The predicted molar refractivity (Wildman–Crippen MR) is 61.4 cm³/mol. The Bertz CT molecular complexity index is 274. The first-order chi connectivity index (χ1) is 7.09. The zero-order valence-electron chi connectivity index (χ0n) is 9.82. The zero-order chi connectivity index (χ0) is 11.3. The Morgan fingerprint density at radius 3 is 2.93 bits per heavy atom. The molecule has 0 amide bonds. The van der Waals surface area contributed by atoms with Crippen LogP contribution in [0, 0.1) is 11.8 Å². The molecular formula is C13H20O2. The molecule has 0 N–H and O–H groups in total. The molecule has 0 bridgehead atoms. The van der Waals surface area contributed by atoms with Crippen molar-refractivity contribution in [1.82, 2.24) is 0 Å². The normalized spacial score (nSPS) is 21.1. The second-order valence-electron chi connectivity index (χ2n) is 4.43. The Hall–Kier alpha value is -1.05. The van der Waals surface area contributed by atoms with Crippen LogP contribution in [-0.2, 0) is 9.53 Å². The largest absolute Gasteiger partial charge is 0.462 e. The van der Waals surface area contributed by atoms with E-state index in [1.54, 1.807) is 0 Å². The molecule has 0 heterocycles. The van der Waals surface area contributed by atoms with Crippen LogP contribution in [0.2, 0.25) is 0 Å². The summed E-state index contributed by atoms with van der Waals surface area (Å²) in [5.74, 6) is 1.32. The summed E-state index contributed by atoms with van der Waals surface area (Å²) in [5.41, 5.74) is 1.38. The highest BCUT2D eigenvalue weighted by Crippen LogP contribution is 2.31. The number of esters is 1. The fourth-order valence-electron chi connectivity index (χ4n) is 1.78. The molecule has 1 aliphatic carbocycles. The number of rotatable bonds is 4. The average molecular weight is 208 g/mol. The Balaban J connectivity index is 2.26. The number of hydrogen-bond donors (Lipinski definition) is 0. The molecule has 0 aromatic rings. The van der Waals surface area contributed by atoms with Gasteiger partial charge in [-0.1, -0.05) is 31.6 Å². The summed E-state index contributed by atoms with van der Waals surface area (Å²) in [6, 6.07) is 0. The maximum absolute atomic E-state index is 10.5. The third-order valence-corrected chi connectivity index (χ3v) is 2.84. The summed E-state index contributed by atoms with van der Waals surface area (Å²) in [7, 11) is 0. The lowest BCUT2D eigenvalue weighted by atomic mass is 9.93. The molecule has 1 aliphatic rings. The van der Waals surface area contributed by atoms with Crippen molar-refractivity contribution >= 4 is 5.97 Å². The molecule has 0 aromatic carbocycles. The highest BCUT2D eigenvalue weighted by atomic mass is 16.5. The number of allylic oxidation sites excluding steroid dienone is 3. The van der Waals surface area contributed by atoms with E-state index in [0.29, 0.717) is 6.61 Å². The van der Waals surface area contributed by atoms with Crippen LogP contribution < -0.4 is 0 Å². The average Bonchev–Trinajstić information content (AvgIpc) is 2.60.